The number of morpholine rings is 1. The number of rotatable bonds is 3. The number of halogens is 1. The molecule has 3 atom stereocenters. The van der Waals surface area contributed by atoms with Gasteiger partial charge in [-0.1, -0.05) is 11.6 Å². The van der Waals surface area contributed by atoms with Gasteiger partial charge >= 0.3 is 0 Å². The molecule has 9 nitrogen and oxygen atoms in total. The molecular weight excluding hydrogens is 416 g/mol. The van der Waals surface area contributed by atoms with E-state index < -0.39 is 0 Å². The molecule has 10 heteroatoms. The molecule has 3 aliphatic rings. The third kappa shape index (κ3) is 3.18. The van der Waals surface area contributed by atoms with Crippen LogP contribution in [0.4, 0.5) is 11.5 Å². The molecule has 0 aromatic carbocycles. The molecule has 0 amide bonds. The number of aromatic nitrogens is 5. The summed E-state index contributed by atoms with van der Waals surface area (Å²) in [7, 11) is 2.17. The van der Waals surface area contributed by atoms with Crippen LogP contribution in [0.25, 0.3) is 17.0 Å². The van der Waals surface area contributed by atoms with Gasteiger partial charge in [-0.25, -0.2) is 9.50 Å². The molecule has 1 N–H and O–H groups in total. The Morgan fingerprint density at radius 1 is 1.16 bits per heavy atom. The number of likely N-dealkylation sites (N-methyl/N-ethyl adjacent to an activating group) is 1. The van der Waals surface area contributed by atoms with Crippen molar-refractivity contribution >= 4 is 28.6 Å². The number of nitrogens with zero attached hydrogens (tertiary/aromatic N) is 7. The normalized spacial score (nSPS) is 26.9. The minimum absolute atomic E-state index is 0.258. The van der Waals surface area contributed by atoms with Gasteiger partial charge in [0, 0.05) is 45.0 Å². The lowest BCUT2D eigenvalue weighted by atomic mass is 10.1. The maximum absolute atomic E-state index is 7.14. The van der Waals surface area contributed by atoms with Gasteiger partial charge in [0.25, 0.3) is 0 Å². The number of nitrogens with one attached hydrogen (secondary N) is 1. The molecule has 0 aliphatic carbocycles. The number of piperazine rings is 1. The highest BCUT2D eigenvalue weighted by molar-refractivity contribution is 6.36. The molecular formula is C21H27ClN8O. The first-order valence-corrected chi connectivity index (χ1v) is 11.4. The zero-order valence-corrected chi connectivity index (χ0v) is 18.6. The molecule has 3 saturated heterocycles. The first-order valence-electron chi connectivity index (χ1n) is 11.0. The SMILES string of the molecule is C[C@@H]1CN(C)CCN1c1c(Cl)c(N2CC3CCC(C2)O3)nn2c(-c3ccn[nH]3)ncc12. The molecule has 164 valence electrons. The highest BCUT2D eigenvalue weighted by Crippen LogP contribution is 2.41. The van der Waals surface area contributed by atoms with Gasteiger partial charge in [0.05, 0.1) is 24.1 Å². The Morgan fingerprint density at radius 3 is 2.68 bits per heavy atom. The van der Waals surface area contributed by atoms with E-state index in [2.05, 4.69) is 38.9 Å². The van der Waals surface area contributed by atoms with Gasteiger partial charge in [-0.15, -0.1) is 5.10 Å². The number of hydrogen-bond donors (Lipinski definition) is 1. The molecule has 6 heterocycles. The Morgan fingerprint density at radius 2 is 1.97 bits per heavy atom. The Kier molecular flexibility index (Phi) is 4.59. The summed E-state index contributed by atoms with van der Waals surface area (Å²) in [6.45, 7) is 6.79. The quantitative estimate of drug-likeness (QED) is 0.666. The summed E-state index contributed by atoms with van der Waals surface area (Å²) in [4.78, 5) is 11.8. The van der Waals surface area contributed by atoms with Crippen molar-refractivity contribution in [1.29, 1.82) is 0 Å². The first-order chi connectivity index (χ1) is 15.1. The Bertz CT molecular complexity index is 1090. The lowest BCUT2D eigenvalue weighted by molar-refractivity contribution is 0.0301. The van der Waals surface area contributed by atoms with Crippen molar-refractivity contribution in [2.75, 3.05) is 49.6 Å². The van der Waals surface area contributed by atoms with Gasteiger partial charge in [-0.3, -0.25) is 5.10 Å². The molecule has 3 fully saturated rings. The van der Waals surface area contributed by atoms with Crippen LogP contribution in [0.1, 0.15) is 19.8 Å². The number of aromatic amines is 1. The number of fused-ring (bicyclic) bond motifs is 3. The topological polar surface area (TPSA) is 77.8 Å². The molecule has 3 aromatic rings. The second kappa shape index (κ2) is 7.36. The molecule has 31 heavy (non-hydrogen) atoms. The van der Waals surface area contributed by atoms with E-state index in [0.29, 0.717) is 11.1 Å². The van der Waals surface area contributed by atoms with E-state index in [1.165, 1.54) is 0 Å². The summed E-state index contributed by atoms with van der Waals surface area (Å²) >= 11 is 7.14. The standard InChI is InChI=1S/C21H27ClN8O/c1-13-10-27(2)7-8-29(13)19-17-9-23-20(16-5-6-24-25-16)30(17)26-21(18(19)22)28-11-14-3-4-15(12-28)31-14/h5-6,9,13-15H,3-4,7-8,10-12H2,1-2H3,(H,24,25)/t13-,14?,15?/m1/s1. The summed E-state index contributed by atoms with van der Waals surface area (Å²) in [5, 5.41) is 12.8. The van der Waals surface area contributed by atoms with E-state index in [0.717, 1.165) is 74.1 Å². The van der Waals surface area contributed by atoms with Gasteiger partial charge in [0.2, 0.25) is 0 Å². The lowest BCUT2D eigenvalue weighted by Crippen LogP contribution is -2.51. The highest BCUT2D eigenvalue weighted by atomic mass is 35.5. The van der Waals surface area contributed by atoms with Crippen molar-refractivity contribution in [3.05, 3.63) is 23.5 Å². The molecule has 0 radical (unpaired) electrons. The fraction of sp³-hybridized carbons (Fsp3) is 0.571. The number of H-pyrrole nitrogens is 1. The number of imidazole rings is 1. The van der Waals surface area contributed by atoms with Gasteiger partial charge < -0.3 is 19.4 Å². The Labute approximate surface area is 185 Å². The van der Waals surface area contributed by atoms with E-state index in [-0.39, 0.29) is 12.2 Å². The summed E-state index contributed by atoms with van der Waals surface area (Å²) in [6, 6.07) is 2.25. The van der Waals surface area contributed by atoms with Crippen molar-refractivity contribution in [3.8, 4) is 11.5 Å². The molecule has 2 bridgehead atoms. The Hall–Kier alpha value is -2.36. The molecule has 0 saturated carbocycles. The zero-order valence-electron chi connectivity index (χ0n) is 17.8. The number of hydrogen-bond acceptors (Lipinski definition) is 7. The van der Waals surface area contributed by atoms with Crippen LogP contribution in [-0.4, -0.2) is 87.7 Å². The molecule has 2 unspecified atom stereocenters. The maximum Gasteiger partial charge on any atom is 0.179 e. The summed E-state index contributed by atoms with van der Waals surface area (Å²) in [5.74, 6) is 1.55. The van der Waals surface area contributed by atoms with Crippen LogP contribution in [-0.2, 0) is 4.74 Å². The van der Waals surface area contributed by atoms with E-state index >= 15 is 0 Å². The zero-order chi connectivity index (χ0) is 21.1. The van der Waals surface area contributed by atoms with E-state index in [4.69, 9.17) is 26.4 Å². The number of anilines is 2. The first kappa shape index (κ1) is 19.3. The molecule has 3 aromatic heterocycles. The Balaban J connectivity index is 1.53. The average Bonchev–Trinajstić information content (AvgIpc) is 3.48. The van der Waals surface area contributed by atoms with E-state index in [1.807, 2.05) is 16.8 Å². The fourth-order valence-corrected chi connectivity index (χ4v) is 5.63. The van der Waals surface area contributed by atoms with Crippen LogP contribution in [0.3, 0.4) is 0 Å². The molecule has 3 aliphatic heterocycles. The average molecular weight is 443 g/mol. The van der Waals surface area contributed by atoms with Crippen LogP contribution in [0.5, 0.6) is 0 Å². The van der Waals surface area contributed by atoms with Crippen molar-refractivity contribution in [1.82, 2.24) is 29.7 Å². The third-order valence-corrected chi connectivity index (χ3v) is 7.13. The fourth-order valence-electron chi connectivity index (χ4n) is 5.26. The van der Waals surface area contributed by atoms with E-state index in [9.17, 15) is 0 Å². The van der Waals surface area contributed by atoms with Crippen LogP contribution in [0.2, 0.25) is 5.02 Å². The lowest BCUT2D eigenvalue weighted by Gasteiger charge is -2.41. The van der Waals surface area contributed by atoms with E-state index in [1.54, 1.807) is 6.20 Å². The van der Waals surface area contributed by atoms with Crippen molar-refractivity contribution in [3.63, 3.8) is 0 Å². The largest absolute Gasteiger partial charge is 0.371 e. The minimum atomic E-state index is 0.258. The summed E-state index contributed by atoms with van der Waals surface area (Å²) in [6.07, 6.45) is 6.33. The number of ether oxygens (including phenoxy) is 1. The van der Waals surface area contributed by atoms with Crippen molar-refractivity contribution < 1.29 is 4.74 Å². The monoisotopic (exact) mass is 442 g/mol. The summed E-state index contributed by atoms with van der Waals surface area (Å²) < 4.78 is 7.98. The second-order valence-electron chi connectivity index (χ2n) is 9.00. The van der Waals surface area contributed by atoms with Gasteiger partial charge in [-0.05, 0) is 32.9 Å². The van der Waals surface area contributed by atoms with Crippen LogP contribution in [0, 0.1) is 0 Å². The highest BCUT2D eigenvalue weighted by Gasteiger charge is 2.37. The van der Waals surface area contributed by atoms with Crippen molar-refractivity contribution in [2.24, 2.45) is 0 Å². The second-order valence-corrected chi connectivity index (χ2v) is 9.38. The minimum Gasteiger partial charge on any atom is -0.371 e. The molecule has 6 rings (SSSR count). The molecule has 0 spiro atoms. The van der Waals surface area contributed by atoms with Gasteiger partial charge in [-0.2, -0.15) is 5.10 Å². The van der Waals surface area contributed by atoms with Gasteiger partial charge in [0.15, 0.2) is 11.6 Å². The summed E-state index contributed by atoms with van der Waals surface area (Å²) in [5.41, 5.74) is 2.77. The van der Waals surface area contributed by atoms with Crippen LogP contribution in [0.15, 0.2) is 18.5 Å². The predicted molar refractivity (Wildman–Crippen MR) is 120 cm³/mol. The third-order valence-electron chi connectivity index (χ3n) is 6.78. The maximum atomic E-state index is 7.14. The van der Waals surface area contributed by atoms with Crippen LogP contribution < -0.4 is 9.80 Å². The van der Waals surface area contributed by atoms with Crippen molar-refractivity contribution in [2.45, 2.75) is 38.0 Å². The van der Waals surface area contributed by atoms with Gasteiger partial charge in [0.1, 0.15) is 16.2 Å². The van der Waals surface area contributed by atoms with Crippen LogP contribution >= 0.6 is 11.6 Å². The predicted octanol–water partition coefficient (Wildman–Crippen LogP) is 2.28. The smallest absolute Gasteiger partial charge is 0.179 e.